The highest BCUT2D eigenvalue weighted by molar-refractivity contribution is 7.80. The molecule has 0 saturated carbocycles. The first kappa shape index (κ1) is 27.9. The Kier molecular flexibility index (Phi) is 11.1. The number of amides is 2. The van der Waals surface area contributed by atoms with Crippen molar-refractivity contribution >= 4 is 34.8 Å². The van der Waals surface area contributed by atoms with E-state index in [1.54, 1.807) is 54.4 Å². The second kappa shape index (κ2) is 14.8. The van der Waals surface area contributed by atoms with Crippen molar-refractivity contribution in [3.05, 3.63) is 95.6 Å². The quantitative estimate of drug-likeness (QED) is 0.224. The first-order valence-corrected chi connectivity index (χ1v) is 13.1. The average molecular weight is 518 g/mol. The minimum Gasteiger partial charge on any atom is -0.494 e. The molecule has 3 aromatic rings. The number of thiocarbonyl (C=S) groups is 1. The summed E-state index contributed by atoms with van der Waals surface area (Å²) in [5.74, 6) is 0.192. The van der Waals surface area contributed by atoms with E-state index in [2.05, 4.69) is 17.6 Å². The predicted molar refractivity (Wildman–Crippen MR) is 153 cm³/mol. The van der Waals surface area contributed by atoms with Crippen molar-refractivity contribution in [1.29, 1.82) is 0 Å². The number of rotatable bonds is 12. The summed E-state index contributed by atoms with van der Waals surface area (Å²) in [7, 11) is 1.73. The second-order valence-corrected chi connectivity index (χ2v) is 9.18. The summed E-state index contributed by atoms with van der Waals surface area (Å²) >= 11 is 5.49. The smallest absolute Gasteiger partial charge is 0.257 e. The van der Waals surface area contributed by atoms with E-state index in [-0.39, 0.29) is 16.9 Å². The van der Waals surface area contributed by atoms with E-state index in [9.17, 15) is 9.59 Å². The second-order valence-electron chi connectivity index (χ2n) is 8.79. The first-order chi connectivity index (χ1) is 18.0. The molecule has 2 N–H and O–H groups in total. The molecule has 0 bridgehead atoms. The Bertz CT molecular complexity index is 1170. The molecule has 0 aliphatic rings. The number of benzene rings is 3. The van der Waals surface area contributed by atoms with Crippen molar-refractivity contribution in [1.82, 2.24) is 10.6 Å². The third-order valence-corrected chi connectivity index (χ3v) is 6.34. The van der Waals surface area contributed by atoms with Crippen molar-refractivity contribution in [2.45, 2.75) is 45.6 Å². The van der Waals surface area contributed by atoms with Crippen LogP contribution in [0.15, 0.2) is 78.9 Å². The molecule has 194 valence electrons. The summed E-state index contributed by atoms with van der Waals surface area (Å²) in [5.41, 5.74) is 2.54. The number of unbranched alkanes of at least 4 members (excludes halogenated alkanes) is 4. The standard InChI is InChI=1S/C30H35N3O3S/c1-3-4-5-6-12-21-36-25-19-17-24(18-20-25)28(34)32-30(37)33(2)27-16-11-10-15-26(27)29(35)31-22-23-13-8-7-9-14-23/h7-11,13-20H,3-6,12,21-22H2,1-2H3,(H,31,35)(H,32,34,37). The van der Waals surface area contributed by atoms with Crippen LogP contribution in [0.5, 0.6) is 5.75 Å². The van der Waals surface area contributed by atoms with Crippen LogP contribution in [0.4, 0.5) is 5.69 Å². The number of hydrogen-bond acceptors (Lipinski definition) is 4. The lowest BCUT2D eigenvalue weighted by molar-refractivity contribution is 0.0949. The maximum Gasteiger partial charge on any atom is 0.257 e. The maximum absolute atomic E-state index is 12.9. The van der Waals surface area contributed by atoms with Gasteiger partial charge in [-0.05, 0) is 60.6 Å². The molecule has 0 unspecified atom stereocenters. The highest BCUT2D eigenvalue weighted by atomic mass is 32.1. The van der Waals surface area contributed by atoms with Gasteiger partial charge in [-0.2, -0.15) is 0 Å². The molecular weight excluding hydrogens is 482 g/mol. The third kappa shape index (κ3) is 8.72. The Hall–Kier alpha value is -3.71. The molecule has 0 aromatic heterocycles. The Labute approximate surface area is 225 Å². The highest BCUT2D eigenvalue weighted by Gasteiger charge is 2.18. The fourth-order valence-corrected chi connectivity index (χ4v) is 3.98. The molecule has 0 radical (unpaired) electrons. The van der Waals surface area contributed by atoms with Crippen LogP contribution in [0.2, 0.25) is 0 Å². The Morgan fingerprint density at radius 2 is 1.51 bits per heavy atom. The van der Waals surface area contributed by atoms with Crippen molar-refractivity contribution in [2.75, 3.05) is 18.6 Å². The summed E-state index contributed by atoms with van der Waals surface area (Å²) in [6.07, 6.45) is 5.90. The molecule has 7 heteroatoms. The molecule has 37 heavy (non-hydrogen) atoms. The molecule has 0 aliphatic carbocycles. The van der Waals surface area contributed by atoms with Crippen LogP contribution in [0, 0.1) is 0 Å². The zero-order valence-electron chi connectivity index (χ0n) is 21.5. The van der Waals surface area contributed by atoms with E-state index in [1.165, 1.54) is 19.3 Å². The van der Waals surface area contributed by atoms with Crippen LogP contribution < -0.4 is 20.3 Å². The van der Waals surface area contributed by atoms with Crippen LogP contribution in [-0.4, -0.2) is 30.6 Å². The number of hydrogen-bond donors (Lipinski definition) is 2. The van der Waals surface area contributed by atoms with E-state index < -0.39 is 0 Å². The van der Waals surface area contributed by atoms with Crippen LogP contribution >= 0.6 is 12.2 Å². The predicted octanol–water partition coefficient (Wildman–Crippen LogP) is 6.12. The van der Waals surface area contributed by atoms with Gasteiger partial charge in [0.1, 0.15) is 5.75 Å². The molecular formula is C30H35N3O3S. The molecule has 0 fully saturated rings. The van der Waals surface area contributed by atoms with E-state index in [0.29, 0.717) is 30.0 Å². The SMILES string of the molecule is CCCCCCCOc1ccc(C(=O)NC(=S)N(C)c2ccccc2C(=O)NCc2ccccc2)cc1. The molecule has 3 rings (SSSR count). The van der Waals surface area contributed by atoms with Crippen LogP contribution in [0.3, 0.4) is 0 Å². The van der Waals surface area contributed by atoms with Gasteiger partial charge in [-0.3, -0.25) is 14.9 Å². The van der Waals surface area contributed by atoms with Crippen LogP contribution in [0.25, 0.3) is 0 Å². The number of anilines is 1. The zero-order valence-corrected chi connectivity index (χ0v) is 22.4. The third-order valence-electron chi connectivity index (χ3n) is 5.96. The Balaban J connectivity index is 1.54. The molecule has 0 heterocycles. The van der Waals surface area contributed by atoms with Crippen molar-refractivity contribution in [2.24, 2.45) is 0 Å². The molecule has 0 saturated heterocycles. The Morgan fingerprint density at radius 3 is 2.24 bits per heavy atom. The molecule has 0 aliphatic heterocycles. The van der Waals surface area contributed by atoms with Gasteiger partial charge in [0.25, 0.3) is 11.8 Å². The van der Waals surface area contributed by atoms with E-state index in [1.807, 2.05) is 36.4 Å². The fraction of sp³-hybridized carbons (Fsp3) is 0.300. The average Bonchev–Trinajstić information content (AvgIpc) is 2.94. The van der Waals surface area contributed by atoms with Crippen molar-refractivity contribution in [3.63, 3.8) is 0 Å². The van der Waals surface area contributed by atoms with Gasteiger partial charge in [-0.15, -0.1) is 0 Å². The summed E-state index contributed by atoms with van der Waals surface area (Å²) in [5, 5.41) is 5.89. The normalized spacial score (nSPS) is 10.4. The Morgan fingerprint density at radius 1 is 0.838 bits per heavy atom. The van der Waals surface area contributed by atoms with Crippen molar-refractivity contribution in [3.8, 4) is 5.75 Å². The molecule has 6 nitrogen and oxygen atoms in total. The van der Waals surface area contributed by atoms with Crippen LogP contribution in [-0.2, 0) is 6.54 Å². The fourth-order valence-electron chi connectivity index (χ4n) is 3.79. The van der Waals surface area contributed by atoms with E-state index >= 15 is 0 Å². The van der Waals surface area contributed by atoms with Gasteiger partial charge in [0.15, 0.2) is 5.11 Å². The maximum atomic E-state index is 12.9. The van der Waals surface area contributed by atoms with Gasteiger partial charge in [0.2, 0.25) is 0 Å². The monoisotopic (exact) mass is 517 g/mol. The summed E-state index contributed by atoms with van der Waals surface area (Å²) in [6, 6.07) is 23.9. The van der Waals surface area contributed by atoms with Gasteiger partial charge in [0, 0.05) is 19.2 Å². The van der Waals surface area contributed by atoms with Crippen molar-refractivity contribution < 1.29 is 14.3 Å². The lowest BCUT2D eigenvalue weighted by Gasteiger charge is -2.23. The number of nitrogens with one attached hydrogen (secondary N) is 2. The summed E-state index contributed by atoms with van der Waals surface area (Å²) in [6.45, 7) is 3.28. The molecule has 2 amide bonds. The summed E-state index contributed by atoms with van der Waals surface area (Å²) < 4.78 is 5.78. The van der Waals surface area contributed by atoms with Gasteiger partial charge < -0.3 is 15.0 Å². The molecule has 0 spiro atoms. The lowest BCUT2D eigenvalue weighted by atomic mass is 10.1. The highest BCUT2D eigenvalue weighted by Crippen LogP contribution is 2.20. The van der Waals surface area contributed by atoms with E-state index in [0.717, 1.165) is 24.2 Å². The van der Waals surface area contributed by atoms with Gasteiger partial charge in [-0.1, -0.05) is 75.1 Å². The minimum atomic E-state index is -0.325. The lowest BCUT2D eigenvalue weighted by Crippen LogP contribution is -2.41. The number of para-hydroxylation sites is 1. The zero-order chi connectivity index (χ0) is 26.5. The van der Waals surface area contributed by atoms with E-state index in [4.69, 9.17) is 17.0 Å². The number of carbonyl (C=O) groups is 2. The topological polar surface area (TPSA) is 70.7 Å². The number of ether oxygens (including phenoxy) is 1. The molecule has 0 atom stereocenters. The summed E-state index contributed by atoms with van der Waals surface area (Å²) in [4.78, 5) is 27.3. The largest absolute Gasteiger partial charge is 0.494 e. The van der Waals surface area contributed by atoms with Crippen LogP contribution in [0.1, 0.15) is 65.3 Å². The van der Waals surface area contributed by atoms with Gasteiger partial charge >= 0.3 is 0 Å². The van der Waals surface area contributed by atoms with Gasteiger partial charge in [-0.25, -0.2) is 0 Å². The minimum absolute atomic E-state index is 0.195. The number of carbonyl (C=O) groups excluding carboxylic acids is 2. The molecule has 3 aromatic carbocycles. The number of nitrogens with zero attached hydrogens (tertiary/aromatic N) is 1. The van der Waals surface area contributed by atoms with Gasteiger partial charge in [0.05, 0.1) is 17.9 Å². The first-order valence-electron chi connectivity index (χ1n) is 12.7.